The minimum atomic E-state index is -0.143. The summed E-state index contributed by atoms with van der Waals surface area (Å²) in [5.41, 5.74) is 18.0. The van der Waals surface area contributed by atoms with Gasteiger partial charge in [-0.2, -0.15) is 0 Å². The van der Waals surface area contributed by atoms with E-state index in [1.54, 1.807) is 0 Å². The van der Waals surface area contributed by atoms with Gasteiger partial charge in [0.25, 0.3) is 0 Å². The highest BCUT2D eigenvalue weighted by Gasteiger charge is 2.37. The number of nitrogens with zero attached hydrogens (tertiary/aromatic N) is 1. The van der Waals surface area contributed by atoms with Crippen LogP contribution in [0.2, 0.25) is 0 Å². The third kappa shape index (κ3) is 6.31. The van der Waals surface area contributed by atoms with E-state index in [4.69, 9.17) is 0 Å². The van der Waals surface area contributed by atoms with Gasteiger partial charge >= 0.3 is 0 Å². The summed E-state index contributed by atoms with van der Waals surface area (Å²) in [4.78, 5) is 2.54. The summed E-state index contributed by atoms with van der Waals surface area (Å²) in [5.74, 6) is 0. The van der Waals surface area contributed by atoms with Crippen molar-refractivity contribution in [3.8, 4) is 55.6 Å². The lowest BCUT2D eigenvalue weighted by molar-refractivity contribution is 0.660. The van der Waals surface area contributed by atoms with E-state index in [9.17, 15) is 0 Å². The molecule has 1 aliphatic rings. The first-order valence-electron chi connectivity index (χ1n) is 23.8. The summed E-state index contributed by atoms with van der Waals surface area (Å²) in [6, 6.07) is 92.3. The Balaban J connectivity index is 1.16. The van der Waals surface area contributed by atoms with E-state index in [0.29, 0.717) is 0 Å². The van der Waals surface area contributed by atoms with Gasteiger partial charge in [-0.15, -0.1) is 0 Å². The van der Waals surface area contributed by atoms with Crippen LogP contribution in [0.1, 0.15) is 25.0 Å². The van der Waals surface area contributed by atoms with Gasteiger partial charge in [0.2, 0.25) is 0 Å². The molecule has 12 aromatic carbocycles. The van der Waals surface area contributed by atoms with Crippen LogP contribution >= 0.6 is 0 Å². The van der Waals surface area contributed by atoms with Gasteiger partial charge in [0.1, 0.15) is 0 Å². The molecule has 0 saturated carbocycles. The monoisotopic (exact) mass is 865 g/mol. The second-order valence-corrected chi connectivity index (χ2v) is 18.8. The number of anilines is 3. The van der Waals surface area contributed by atoms with Crippen LogP contribution in [0.3, 0.4) is 0 Å². The molecule has 0 aliphatic heterocycles. The molecular formula is C67H47N. The molecule has 0 radical (unpaired) electrons. The normalized spacial score (nSPS) is 12.7. The molecule has 0 atom stereocenters. The van der Waals surface area contributed by atoms with Gasteiger partial charge in [-0.05, 0) is 141 Å². The molecule has 0 amide bonds. The third-order valence-electron chi connectivity index (χ3n) is 14.6. The Morgan fingerprint density at radius 1 is 0.279 bits per heavy atom. The third-order valence-corrected chi connectivity index (χ3v) is 14.6. The molecule has 0 N–H and O–H groups in total. The van der Waals surface area contributed by atoms with Gasteiger partial charge in [0, 0.05) is 22.4 Å². The second-order valence-electron chi connectivity index (χ2n) is 18.8. The summed E-state index contributed by atoms with van der Waals surface area (Å²) in [5, 5.41) is 9.94. The topological polar surface area (TPSA) is 3.24 Å². The smallest absolute Gasteiger partial charge is 0.0546 e. The number of hydrogen-bond donors (Lipinski definition) is 0. The second kappa shape index (κ2) is 15.8. The van der Waals surface area contributed by atoms with Crippen molar-refractivity contribution < 1.29 is 0 Å². The summed E-state index contributed by atoms with van der Waals surface area (Å²) in [6.45, 7) is 4.75. The van der Waals surface area contributed by atoms with Gasteiger partial charge in [-0.1, -0.05) is 226 Å². The lowest BCUT2D eigenvalue weighted by Gasteiger charge is -2.31. The SMILES string of the molecule is CC1(C)c2ccccc2-c2c(-c3cccc(N(c4cc(-c5ccccc5)c5ccccc5c4)c4ccc5c6ccccc6c6ccccc6c5c4)c3-c3cccc(-c4ccccc4)c3)cccc21. The fraction of sp³-hybridized carbons (Fsp3) is 0.0448. The van der Waals surface area contributed by atoms with Crippen LogP contribution in [0.4, 0.5) is 17.1 Å². The standard InChI is InChI=1S/C67H47N/c1-67(2)62-35-16-15-32-59(62)66-58(33-18-36-63(66)67)57-34-19-37-64(65(57)48-26-17-25-46(40-48)44-20-5-3-6-21-44)68(50-41-47-24-9-10-27-51(47)60(43-50)45-22-7-4-8-23-45)49-38-39-56-54-30-12-11-28-52(54)53-29-13-14-31-55(53)61(56)42-49/h3-43H,1-2H3. The van der Waals surface area contributed by atoms with E-state index in [1.165, 1.54) is 104 Å². The van der Waals surface area contributed by atoms with Crippen molar-refractivity contribution in [3.05, 3.63) is 260 Å². The Hall–Kier alpha value is -8.52. The summed E-state index contributed by atoms with van der Waals surface area (Å²) in [6.07, 6.45) is 0. The lowest BCUT2D eigenvalue weighted by atomic mass is 9.81. The van der Waals surface area contributed by atoms with Crippen LogP contribution in [0.15, 0.2) is 249 Å². The zero-order valence-corrected chi connectivity index (χ0v) is 38.1. The first-order valence-corrected chi connectivity index (χ1v) is 23.8. The van der Waals surface area contributed by atoms with E-state index in [1.807, 2.05) is 0 Å². The summed E-state index contributed by atoms with van der Waals surface area (Å²) >= 11 is 0. The Kier molecular flexibility index (Phi) is 9.27. The van der Waals surface area contributed by atoms with Gasteiger partial charge in [0.05, 0.1) is 5.69 Å². The molecule has 1 aliphatic carbocycles. The van der Waals surface area contributed by atoms with Gasteiger partial charge in [-0.3, -0.25) is 0 Å². The van der Waals surface area contributed by atoms with E-state index in [2.05, 4.69) is 267 Å². The predicted octanol–water partition coefficient (Wildman–Crippen LogP) is 18.7. The molecule has 0 heterocycles. The molecule has 13 rings (SSSR count). The maximum absolute atomic E-state index is 2.54. The molecule has 0 unspecified atom stereocenters. The van der Waals surface area contributed by atoms with Gasteiger partial charge < -0.3 is 4.90 Å². The van der Waals surface area contributed by atoms with Gasteiger partial charge in [-0.25, -0.2) is 0 Å². The quantitative estimate of drug-likeness (QED) is 0.144. The zero-order chi connectivity index (χ0) is 45.3. The molecule has 68 heavy (non-hydrogen) atoms. The molecule has 0 bridgehead atoms. The van der Waals surface area contributed by atoms with Crippen molar-refractivity contribution in [1.29, 1.82) is 0 Å². The lowest BCUT2D eigenvalue weighted by Crippen LogP contribution is -2.14. The Labute approximate surface area is 397 Å². The zero-order valence-electron chi connectivity index (χ0n) is 38.1. The van der Waals surface area contributed by atoms with E-state index in [-0.39, 0.29) is 5.41 Å². The molecule has 12 aromatic rings. The Morgan fingerprint density at radius 2 is 0.794 bits per heavy atom. The molecule has 320 valence electrons. The van der Waals surface area contributed by atoms with Crippen LogP contribution < -0.4 is 4.90 Å². The predicted molar refractivity (Wildman–Crippen MR) is 290 cm³/mol. The van der Waals surface area contributed by atoms with Crippen LogP contribution in [-0.2, 0) is 5.41 Å². The van der Waals surface area contributed by atoms with Crippen LogP contribution in [-0.4, -0.2) is 0 Å². The van der Waals surface area contributed by atoms with E-state index >= 15 is 0 Å². The Morgan fingerprint density at radius 3 is 1.53 bits per heavy atom. The maximum Gasteiger partial charge on any atom is 0.0546 e. The average molecular weight is 866 g/mol. The van der Waals surface area contributed by atoms with Crippen LogP contribution in [0.25, 0.3) is 98.7 Å². The van der Waals surface area contributed by atoms with Gasteiger partial charge in [0.15, 0.2) is 0 Å². The summed E-state index contributed by atoms with van der Waals surface area (Å²) in [7, 11) is 0. The van der Waals surface area contributed by atoms with Crippen molar-refractivity contribution in [2.45, 2.75) is 19.3 Å². The van der Waals surface area contributed by atoms with E-state index in [0.717, 1.165) is 22.6 Å². The van der Waals surface area contributed by atoms with Crippen molar-refractivity contribution in [1.82, 2.24) is 0 Å². The summed E-state index contributed by atoms with van der Waals surface area (Å²) < 4.78 is 0. The first-order chi connectivity index (χ1) is 33.5. The van der Waals surface area contributed by atoms with Crippen molar-refractivity contribution in [3.63, 3.8) is 0 Å². The number of hydrogen-bond acceptors (Lipinski definition) is 1. The van der Waals surface area contributed by atoms with Crippen LogP contribution in [0.5, 0.6) is 0 Å². The fourth-order valence-corrected chi connectivity index (χ4v) is 11.5. The average Bonchev–Trinajstić information content (AvgIpc) is 3.64. The van der Waals surface area contributed by atoms with Crippen molar-refractivity contribution in [2.75, 3.05) is 4.90 Å². The molecule has 0 spiro atoms. The minimum absolute atomic E-state index is 0.143. The molecule has 1 heteroatoms. The highest BCUT2D eigenvalue weighted by atomic mass is 15.1. The molecule has 0 aromatic heterocycles. The minimum Gasteiger partial charge on any atom is -0.310 e. The molecule has 0 fully saturated rings. The number of benzene rings is 12. The largest absolute Gasteiger partial charge is 0.310 e. The van der Waals surface area contributed by atoms with Crippen molar-refractivity contribution in [2.24, 2.45) is 0 Å². The number of fused-ring (bicyclic) bond motifs is 10. The van der Waals surface area contributed by atoms with Crippen LogP contribution in [0, 0.1) is 0 Å². The highest BCUT2D eigenvalue weighted by molar-refractivity contribution is 6.26. The molecular weight excluding hydrogens is 819 g/mol. The van der Waals surface area contributed by atoms with Crippen molar-refractivity contribution >= 4 is 60.2 Å². The Bertz CT molecular complexity index is 3900. The number of rotatable bonds is 7. The molecule has 0 saturated heterocycles. The van der Waals surface area contributed by atoms with E-state index < -0.39 is 0 Å². The highest BCUT2D eigenvalue weighted by Crippen LogP contribution is 2.55. The maximum atomic E-state index is 2.54. The fourth-order valence-electron chi connectivity index (χ4n) is 11.5. The first kappa shape index (κ1) is 39.8. The molecule has 1 nitrogen and oxygen atoms in total.